The van der Waals surface area contributed by atoms with E-state index in [4.69, 9.17) is 4.74 Å². The van der Waals surface area contributed by atoms with Gasteiger partial charge in [-0.1, -0.05) is 35.9 Å². The standard InChI is InChI=1S/C22H23NO2/c1-16-7-11-18(12-8-16)25-14-4-13-23-15-20(22(24)17-9-10-17)19-5-2-3-6-21(19)23/h2-3,5-8,11-12,15,17H,4,9-10,13-14H2,1H3. The molecule has 1 aliphatic carbocycles. The number of benzene rings is 2. The number of nitrogens with zero attached hydrogens (tertiary/aromatic N) is 1. The molecular formula is C22H23NO2. The van der Waals surface area contributed by atoms with Crippen LogP contribution >= 0.6 is 0 Å². The Hall–Kier alpha value is -2.55. The van der Waals surface area contributed by atoms with Crippen LogP contribution in [-0.2, 0) is 6.54 Å². The second-order valence-electron chi connectivity index (χ2n) is 6.91. The topological polar surface area (TPSA) is 31.2 Å². The molecule has 0 saturated heterocycles. The van der Waals surface area contributed by atoms with Crippen LogP contribution in [0.3, 0.4) is 0 Å². The number of hydrogen-bond donors (Lipinski definition) is 0. The average Bonchev–Trinajstić information content (AvgIpc) is 3.42. The van der Waals surface area contributed by atoms with E-state index in [9.17, 15) is 4.79 Å². The lowest BCUT2D eigenvalue weighted by Crippen LogP contribution is -2.04. The van der Waals surface area contributed by atoms with Crippen LogP contribution < -0.4 is 4.74 Å². The zero-order valence-electron chi connectivity index (χ0n) is 14.6. The molecule has 1 fully saturated rings. The lowest BCUT2D eigenvalue weighted by Gasteiger charge is -2.08. The van der Waals surface area contributed by atoms with Crippen molar-refractivity contribution in [3.8, 4) is 5.75 Å². The zero-order chi connectivity index (χ0) is 17.2. The average molecular weight is 333 g/mol. The maximum absolute atomic E-state index is 12.5. The molecule has 0 unspecified atom stereocenters. The molecule has 4 rings (SSSR count). The van der Waals surface area contributed by atoms with Crippen LogP contribution in [0.2, 0.25) is 0 Å². The second kappa shape index (κ2) is 6.75. The van der Waals surface area contributed by atoms with Crippen LogP contribution in [0, 0.1) is 12.8 Å². The fourth-order valence-electron chi connectivity index (χ4n) is 3.25. The van der Waals surface area contributed by atoms with Gasteiger partial charge in [0.2, 0.25) is 0 Å². The van der Waals surface area contributed by atoms with Crippen molar-refractivity contribution in [1.82, 2.24) is 4.57 Å². The number of hydrogen-bond acceptors (Lipinski definition) is 2. The minimum Gasteiger partial charge on any atom is -0.494 e. The van der Waals surface area contributed by atoms with Gasteiger partial charge in [0.15, 0.2) is 5.78 Å². The molecule has 1 aliphatic rings. The van der Waals surface area contributed by atoms with E-state index in [1.807, 2.05) is 30.5 Å². The Bertz CT molecular complexity index is 888. The highest BCUT2D eigenvalue weighted by molar-refractivity contribution is 6.09. The number of rotatable bonds is 7. The fraction of sp³-hybridized carbons (Fsp3) is 0.318. The van der Waals surface area contributed by atoms with Gasteiger partial charge < -0.3 is 9.30 Å². The first-order valence-corrected chi connectivity index (χ1v) is 9.04. The number of ketones is 1. The molecule has 128 valence electrons. The van der Waals surface area contributed by atoms with Crippen molar-refractivity contribution in [3.05, 3.63) is 65.9 Å². The molecule has 0 amide bonds. The fourth-order valence-corrected chi connectivity index (χ4v) is 3.25. The third-order valence-electron chi connectivity index (χ3n) is 4.84. The molecular weight excluding hydrogens is 310 g/mol. The first-order valence-electron chi connectivity index (χ1n) is 9.04. The van der Waals surface area contributed by atoms with Gasteiger partial charge in [-0.3, -0.25) is 4.79 Å². The summed E-state index contributed by atoms with van der Waals surface area (Å²) in [6.45, 7) is 3.59. The molecule has 1 saturated carbocycles. The Kier molecular flexibility index (Phi) is 4.31. The van der Waals surface area contributed by atoms with Crippen molar-refractivity contribution in [2.75, 3.05) is 6.61 Å². The highest BCUT2D eigenvalue weighted by Gasteiger charge is 2.32. The van der Waals surface area contributed by atoms with E-state index in [0.29, 0.717) is 12.4 Å². The Labute approximate surface area is 148 Å². The van der Waals surface area contributed by atoms with Crippen LogP contribution in [-0.4, -0.2) is 17.0 Å². The molecule has 0 bridgehead atoms. The Morgan fingerprint density at radius 1 is 1.12 bits per heavy atom. The summed E-state index contributed by atoms with van der Waals surface area (Å²) < 4.78 is 8.01. The van der Waals surface area contributed by atoms with Crippen LogP contribution in [0.25, 0.3) is 10.9 Å². The summed E-state index contributed by atoms with van der Waals surface area (Å²) in [5, 5.41) is 1.08. The van der Waals surface area contributed by atoms with Crippen molar-refractivity contribution in [1.29, 1.82) is 0 Å². The van der Waals surface area contributed by atoms with Gasteiger partial charge in [0.05, 0.1) is 6.61 Å². The van der Waals surface area contributed by atoms with Gasteiger partial charge in [-0.25, -0.2) is 0 Å². The molecule has 3 aromatic rings. The summed E-state index contributed by atoms with van der Waals surface area (Å²) in [6.07, 6.45) is 5.03. The maximum Gasteiger partial charge on any atom is 0.168 e. The number of carbonyl (C=O) groups is 1. The number of aryl methyl sites for hydroxylation is 2. The summed E-state index contributed by atoms with van der Waals surface area (Å²) in [4.78, 5) is 12.5. The molecule has 3 heteroatoms. The number of carbonyl (C=O) groups excluding carboxylic acids is 1. The minimum atomic E-state index is 0.254. The van der Waals surface area contributed by atoms with E-state index < -0.39 is 0 Å². The smallest absolute Gasteiger partial charge is 0.168 e. The minimum absolute atomic E-state index is 0.254. The number of Topliss-reactive ketones (excluding diaryl/α,β-unsaturated/α-hetero) is 1. The number of para-hydroxylation sites is 1. The van der Waals surface area contributed by atoms with Gasteiger partial charge in [0.25, 0.3) is 0 Å². The van der Waals surface area contributed by atoms with Crippen molar-refractivity contribution in [3.63, 3.8) is 0 Å². The SMILES string of the molecule is Cc1ccc(OCCCn2cc(C(=O)C3CC3)c3ccccc32)cc1. The summed E-state index contributed by atoms with van der Waals surface area (Å²) >= 11 is 0. The third kappa shape index (κ3) is 3.46. The largest absolute Gasteiger partial charge is 0.494 e. The normalized spacial score (nSPS) is 14.0. The predicted molar refractivity (Wildman–Crippen MR) is 100 cm³/mol. The highest BCUT2D eigenvalue weighted by Crippen LogP contribution is 2.35. The lowest BCUT2D eigenvalue weighted by atomic mass is 10.1. The van der Waals surface area contributed by atoms with Crippen molar-refractivity contribution < 1.29 is 9.53 Å². The quantitative estimate of drug-likeness (QED) is 0.449. The highest BCUT2D eigenvalue weighted by atomic mass is 16.5. The molecule has 25 heavy (non-hydrogen) atoms. The molecule has 1 heterocycles. The van der Waals surface area contributed by atoms with Gasteiger partial charge >= 0.3 is 0 Å². The lowest BCUT2D eigenvalue weighted by molar-refractivity contribution is 0.0969. The second-order valence-corrected chi connectivity index (χ2v) is 6.91. The Morgan fingerprint density at radius 3 is 2.64 bits per heavy atom. The van der Waals surface area contributed by atoms with Gasteiger partial charge in [-0.2, -0.15) is 0 Å². The van der Waals surface area contributed by atoms with Gasteiger partial charge in [-0.05, 0) is 44.4 Å². The molecule has 1 aromatic heterocycles. The molecule has 3 nitrogen and oxygen atoms in total. The zero-order valence-corrected chi connectivity index (χ0v) is 14.6. The van der Waals surface area contributed by atoms with Crippen LogP contribution in [0.15, 0.2) is 54.7 Å². The van der Waals surface area contributed by atoms with Crippen LogP contribution in [0.4, 0.5) is 0 Å². The van der Waals surface area contributed by atoms with Crippen molar-refractivity contribution >= 4 is 16.7 Å². The molecule has 0 spiro atoms. The first-order chi connectivity index (χ1) is 12.2. The summed E-state index contributed by atoms with van der Waals surface area (Å²) in [7, 11) is 0. The van der Waals surface area contributed by atoms with Crippen LogP contribution in [0.5, 0.6) is 5.75 Å². The molecule has 0 aliphatic heterocycles. The van der Waals surface area contributed by atoms with E-state index in [1.165, 1.54) is 5.56 Å². The van der Waals surface area contributed by atoms with E-state index in [0.717, 1.165) is 48.0 Å². The third-order valence-corrected chi connectivity index (χ3v) is 4.84. The first kappa shape index (κ1) is 15.9. The van der Waals surface area contributed by atoms with E-state index in [-0.39, 0.29) is 5.92 Å². The Balaban J connectivity index is 1.44. The number of ether oxygens (including phenoxy) is 1. The molecule has 2 aromatic carbocycles. The summed E-state index contributed by atoms with van der Waals surface area (Å²) in [5.74, 6) is 1.47. The number of aromatic nitrogens is 1. The molecule has 0 atom stereocenters. The van der Waals surface area contributed by atoms with Gasteiger partial charge in [0.1, 0.15) is 5.75 Å². The van der Waals surface area contributed by atoms with E-state index in [2.05, 4.69) is 35.8 Å². The maximum atomic E-state index is 12.5. The van der Waals surface area contributed by atoms with Gasteiger partial charge in [0, 0.05) is 35.1 Å². The van der Waals surface area contributed by atoms with Crippen molar-refractivity contribution in [2.45, 2.75) is 32.7 Å². The molecule has 0 N–H and O–H groups in total. The number of fused-ring (bicyclic) bond motifs is 1. The van der Waals surface area contributed by atoms with E-state index in [1.54, 1.807) is 0 Å². The Morgan fingerprint density at radius 2 is 1.88 bits per heavy atom. The predicted octanol–water partition coefficient (Wildman–Crippen LogP) is 5.01. The van der Waals surface area contributed by atoms with Crippen molar-refractivity contribution in [2.24, 2.45) is 5.92 Å². The summed E-state index contributed by atoms with van der Waals surface area (Å²) in [6, 6.07) is 16.3. The van der Waals surface area contributed by atoms with Crippen LogP contribution in [0.1, 0.15) is 35.2 Å². The monoisotopic (exact) mass is 333 g/mol. The van der Waals surface area contributed by atoms with Gasteiger partial charge in [-0.15, -0.1) is 0 Å². The molecule has 0 radical (unpaired) electrons. The van der Waals surface area contributed by atoms with E-state index >= 15 is 0 Å². The summed E-state index contributed by atoms with van der Waals surface area (Å²) in [5.41, 5.74) is 3.26.